The Morgan fingerprint density at radius 1 is 0.818 bits per heavy atom. The Morgan fingerprint density at radius 2 is 1.41 bits per heavy atom. The van der Waals surface area contributed by atoms with Crippen molar-refractivity contribution in [1.82, 2.24) is 0 Å². The van der Waals surface area contributed by atoms with Crippen molar-refractivity contribution in [2.24, 2.45) is 0 Å². The Bertz CT molecular complexity index is 259. The van der Waals surface area contributed by atoms with Crippen molar-refractivity contribution in [2.75, 3.05) is 26.4 Å². The molecule has 0 heterocycles. The molecular weight excluding hydrogens is 292 g/mol. The molecule has 0 N–H and O–H groups in total. The van der Waals surface area contributed by atoms with Crippen LogP contribution >= 0.6 is 0 Å². The van der Waals surface area contributed by atoms with Crippen LogP contribution in [0.25, 0.3) is 0 Å². The maximum atomic E-state index is 6.33. The summed E-state index contributed by atoms with van der Waals surface area (Å²) in [6.07, 6.45) is 6.76. The highest BCUT2D eigenvalue weighted by atomic mass is 28.4. The van der Waals surface area contributed by atoms with Crippen molar-refractivity contribution < 1.29 is 13.6 Å². The fourth-order valence-corrected chi connectivity index (χ4v) is 5.72. The first-order valence-corrected chi connectivity index (χ1v) is 11.3. The quantitative estimate of drug-likeness (QED) is 0.214. The van der Waals surface area contributed by atoms with Crippen molar-refractivity contribution in [3.8, 4) is 0 Å². The molecule has 0 bridgehead atoms. The first-order valence-electron chi connectivity index (χ1n) is 9.10. The maximum Gasteiger partial charge on any atom is 0.338 e. The zero-order valence-electron chi connectivity index (χ0n) is 15.4. The summed E-state index contributed by atoms with van der Waals surface area (Å²) in [7, 11) is -2.05. The fourth-order valence-electron chi connectivity index (χ4n) is 2.33. The van der Waals surface area contributed by atoms with Gasteiger partial charge in [0.1, 0.15) is 0 Å². The summed E-state index contributed by atoms with van der Waals surface area (Å²) in [5, 5.41) is 0. The topological polar surface area (TPSA) is 27.7 Å². The molecule has 0 aromatic heterocycles. The Balaban J connectivity index is 4.38. The van der Waals surface area contributed by atoms with Crippen LogP contribution in [-0.2, 0) is 13.6 Å². The lowest BCUT2D eigenvalue weighted by Gasteiger charge is -2.31. The molecule has 0 fully saturated rings. The summed E-state index contributed by atoms with van der Waals surface area (Å²) in [5.41, 5.74) is 1.08. The molecule has 132 valence electrons. The van der Waals surface area contributed by atoms with Gasteiger partial charge >= 0.3 is 8.56 Å². The Kier molecular flexibility index (Phi) is 14.3. The minimum Gasteiger partial charge on any atom is -0.394 e. The molecule has 0 aromatic rings. The highest BCUT2D eigenvalue weighted by Crippen LogP contribution is 2.24. The molecule has 22 heavy (non-hydrogen) atoms. The van der Waals surface area contributed by atoms with Gasteiger partial charge in [0.2, 0.25) is 0 Å². The van der Waals surface area contributed by atoms with Gasteiger partial charge in [-0.25, -0.2) is 0 Å². The number of ether oxygens (including phenoxy) is 1. The summed E-state index contributed by atoms with van der Waals surface area (Å²) in [5.74, 6) is 0. The largest absolute Gasteiger partial charge is 0.394 e. The van der Waals surface area contributed by atoms with E-state index in [-0.39, 0.29) is 0 Å². The third-order valence-corrected chi connectivity index (χ3v) is 7.39. The van der Waals surface area contributed by atoms with Crippen LogP contribution in [0, 0.1) is 0 Å². The van der Waals surface area contributed by atoms with Gasteiger partial charge in [-0.3, -0.25) is 0 Å². The number of hydrogen-bond donors (Lipinski definition) is 0. The van der Waals surface area contributed by atoms with Gasteiger partial charge in [-0.05, 0) is 38.3 Å². The predicted molar refractivity (Wildman–Crippen MR) is 97.6 cm³/mol. The van der Waals surface area contributed by atoms with Crippen LogP contribution in [0.3, 0.4) is 0 Å². The van der Waals surface area contributed by atoms with Crippen LogP contribution in [0.4, 0.5) is 0 Å². The van der Waals surface area contributed by atoms with Crippen molar-refractivity contribution in [1.29, 1.82) is 0 Å². The standard InChI is InChI=1S/C18H38O3Si/c1-6-9-13-20-22(15-8-3,21-14-10-7-2)16-11-12-19-17-18(4)5/h4,6-17H2,1-3,5H3. The molecule has 0 aliphatic heterocycles. The Morgan fingerprint density at radius 3 is 1.86 bits per heavy atom. The van der Waals surface area contributed by atoms with Gasteiger partial charge in [0.15, 0.2) is 0 Å². The van der Waals surface area contributed by atoms with Gasteiger partial charge in [0.25, 0.3) is 0 Å². The summed E-state index contributed by atoms with van der Waals surface area (Å²) < 4.78 is 18.3. The summed E-state index contributed by atoms with van der Waals surface area (Å²) in [6, 6.07) is 2.14. The molecule has 0 aromatic carbocycles. The van der Waals surface area contributed by atoms with Crippen LogP contribution in [-0.4, -0.2) is 35.0 Å². The smallest absolute Gasteiger partial charge is 0.338 e. The zero-order valence-corrected chi connectivity index (χ0v) is 16.4. The lowest BCUT2D eigenvalue weighted by Crippen LogP contribution is -2.43. The number of unbranched alkanes of at least 4 members (excludes halogenated alkanes) is 2. The van der Waals surface area contributed by atoms with E-state index >= 15 is 0 Å². The van der Waals surface area contributed by atoms with Crippen LogP contribution < -0.4 is 0 Å². The number of rotatable bonds is 16. The highest BCUT2D eigenvalue weighted by molar-refractivity contribution is 6.67. The molecule has 4 heteroatoms. The summed E-state index contributed by atoms with van der Waals surface area (Å²) in [4.78, 5) is 0. The minimum atomic E-state index is -2.05. The van der Waals surface area contributed by atoms with E-state index < -0.39 is 8.56 Å². The number of hydrogen-bond acceptors (Lipinski definition) is 3. The van der Waals surface area contributed by atoms with Gasteiger partial charge < -0.3 is 13.6 Å². The van der Waals surface area contributed by atoms with Gasteiger partial charge in [-0.2, -0.15) is 0 Å². The molecular formula is C18H38O3Si. The second-order valence-electron chi connectivity index (χ2n) is 6.18. The van der Waals surface area contributed by atoms with E-state index in [4.69, 9.17) is 13.6 Å². The summed E-state index contributed by atoms with van der Waals surface area (Å²) in [6.45, 7) is 15.6. The summed E-state index contributed by atoms with van der Waals surface area (Å²) >= 11 is 0. The third-order valence-electron chi connectivity index (χ3n) is 3.55. The molecule has 0 radical (unpaired) electrons. The maximum absolute atomic E-state index is 6.33. The molecule has 3 nitrogen and oxygen atoms in total. The van der Waals surface area contributed by atoms with Crippen LogP contribution in [0.15, 0.2) is 12.2 Å². The normalized spacial score (nSPS) is 11.8. The van der Waals surface area contributed by atoms with Gasteiger partial charge in [0.05, 0.1) is 6.61 Å². The van der Waals surface area contributed by atoms with E-state index in [1.165, 1.54) is 12.8 Å². The molecule has 0 saturated heterocycles. The lowest BCUT2D eigenvalue weighted by atomic mass is 10.4. The van der Waals surface area contributed by atoms with Gasteiger partial charge in [0, 0.05) is 19.8 Å². The second kappa shape index (κ2) is 14.4. The van der Waals surface area contributed by atoms with Gasteiger partial charge in [-0.15, -0.1) is 0 Å². The molecule has 0 aliphatic carbocycles. The van der Waals surface area contributed by atoms with Crippen LogP contribution in [0.2, 0.25) is 12.1 Å². The second-order valence-corrected chi connectivity index (χ2v) is 9.58. The molecule has 0 atom stereocenters. The molecule has 0 saturated carbocycles. The average Bonchev–Trinajstić information content (AvgIpc) is 2.47. The van der Waals surface area contributed by atoms with E-state index in [2.05, 4.69) is 27.4 Å². The van der Waals surface area contributed by atoms with Gasteiger partial charge in [-0.1, -0.05) is 52.2 Å². The predicted octanol–water partition coefficient (Wildman–Crippen LogP) is 5.45. The monoisotopic (exact) mass is 330 g/mol. The van der Waals surface area contributed by atoms with E-state index in [9.17, 15) is 0 Å². The van der Waals surface area contributed by atoms with Crippen LogP contribution in [0.1, 0.15) is 66.2 Å². The molecule has 0 amide bonds. The van der Waals surface area contributed by atoms with E-state index in [0.29, 0.717) is 6.61 Å². The Hall–Kier alpha value is -0.163. The third kappa shape index (κ3) is 11.4. The fraction of sp³-hybridized carbons (Fsp3) is 0.889. The van der Waals surface area contributed by atoms with E-state index in [0.717, 1.165) is 63.2 Å². The van der Waals surface area contributed by atoms with Crippen molar-refractivity contribution in [3.05, 3.63) is 12.2 Å². The SMILES string of the molecule is C=C(C)COCCC[Si](CCC)(OCCCC)OCCCC. The first-order chi connectivity index (χ1) is 10.6. The van der Waals surface area contributed by atoms with Crippen molar-refractivity contribution in [2.45, 2.75) is 78.3 Å². The highest BCUT2D eigenvalue weighted by Gasteiger charge is 2.36. The van der Waals surface area contributed by atoms with Crippen LogP contribution in [0.5, 0.6) is 0 Å². The average molecular weight is 331 g/mol. The van der Waals surface area contributed by atoms with E-state index in [1.807, 2.05) is 6.92 Å². The minimum absolute atomic E-state index is 0.662. The molecule has 0 rings (SSSR count). The van der Waals surface area contributed by atoms with Crippen molar-refractivity contribution >= 4 is 8.56 Å². The molecule has 0 spiro atoms. The van der Waals surface area contributed by atoms with E-state index in [1.54, 1.807) is 0 Å². The first kappa shape index (κ1) is 21.8. The lowest BCUT2D eigenvalue weighted by molar-refractivity contribution is 0.140. The molecule has 0 unspecified atom stereocenters. The zero-order chi connectivity index (χ0) is 16.7. The van der Waals surface area contributed by atoms with Crippen molar-refractivity contribution in [3.63, 3.8) is 0 Å². The Labute approximate surface area is 139 Å². The molecule has 0 aliphatic rings.